The van der Waals surface area contributed by atoms with Crippen molar-refractivity contribution >= 4 is 5.97 Å². The second-order valence-electron chi connectivity index (χ2n) is 3.81. The Labute approximate surface area is 103 Å². The number of rotatable bonds is 5. The van der Waals surface area contributed by atoms with E-state index in [1.54, 1.807) is 13.0 Å². The molecule has 7 heteroatoms. The van der Waals surface area contributed by atoms with Crippen LogP contribution in [-0.2, 0) is 0 Å². The molecule has 0 spiro atoms. The highest BCUT2D eigenvalue weighted by Crippen LogP contribution is 2.20. The standard InChI is InChI=1S/C11H13N3O4/c1-6-2-3-7(4-8(6)11(17)18)10(16)9(15)5-13-14-12/h2-4,9-10,15-16H,5H2,1H3,(H,17,18). The number of hydrogen-bond donors (Lipinski definition) is 3. The quantitative estimate of drug-likeness (QED) is 0.415. The smallest absolute Gasteiger partial charge is 0.335 e. The van der Waals surface area contributed by atoms with Gasteiger partial charge in [0, 0.05) is 4.91 Å². The van der Waals surface area contributed by atoms with Crippen LogP contribution < -0.4 is 0 Å². The van der Waals surface area contributed by atoms with Crippen LogP contribution in [0.3, 0.4) is 0 Å². The molecule has 1 rings (SSSR count). The third-order valence-corrected chi connectivity index (χ3v) is 2.53. The van der Waals surface area contributed by atoms with E-state index in [2.05, 4.69) is 10.0 Å². The topological polar surface area (TPSA) is 127 Å². The molecule has 0 aliphatic carbocycles. The summed E-state index contributed by atoms with van der Waals surface area (Å²) in [5.74, 6) is -1.11. The number of carbonyl (C=O) groups is 1. The number of aromatic carboxylic acids is 1. The van der Waals surface area contributed by atoms with E-state index in [-0.39, 0.29) is 17.7 Å². The summed E-state index contributed by atoms with van der Waals surface area (Å²) in [6.07, 6.45) is -2.57. The molecular formula is C11H13N3O4. The van der Waals surface area contributed by atoms with E-state index in [1.807, 2.05) is 0 Å². The van der Waals surface area contributed by atoms with Gasteiger partial charge < -0.3 is 15.3 Å². The lowest BCUT2D eigenvalue weighted by atomic mass is 9.99. The number of aliphatic hydroxyl groups excluding tert-OH is 2. The van der Waals surface area contributed by atoms with E-state index in [0.717, 1.165) is 0 Å². The fraction of sp³-hybridized carbons (Fsp3) is 0.364. The lowest BCUT2D eigenvalue weighted by Gasteiger charge is -2.17. The molecule has 0 fully saturated rings. The fourth-order valence-corrected chi connectivity index (χ4v) is 1.50. The number of aliphatic hydroxyl groups is 2. The predicted octanol–water partition coefficient (Wildman–Crippen LogP) is 1.40. The molecule has 1 aromatic rings. The highest BCUT2D eigenvalue weighted by molar-refractivity contribution is 5.89. The van der Waals surface area contributed by atoms with E-state index >= 15 is 0 Å². The Bertz CT molecular complexity index is 497. The third-order valence-electron chi connectivity index (χ3n) is 2.53. The van der Waals surface area contributed by atoms with Gasteiger partial charge in [0.1, 0.15) is 6.10 Å². The van der Waals surface area contributed by atoms with Gasteiger partial charge in [-0.15, -0.1) is 0 Å². The summed E-state index contributed by atoms with van der Waals surface area (Å²) < 4.78 is 0. The first-order chi connectivity index (χ1) is 8.47. The monoisotopic (exact) mass is 251 g/mol. The molecule has 2 unspecified atom stereocenters. The number of hydrogen-bond acceptors (Lipinski definition) is 4. The summed E-state index contributed by atoms with van der Waals surface area (Å²) >= 11 is 0. The lowest BCUT2D eigenvalue weighted by Crippen LogP contribution is -2.21. The van der Waals surface area contributed by atoms with Crippen LogP contribution in [0.15, 0.2) is 23.3 Å². The van der Waals surface area contributed by atoms with Crippen LogP contribution in [0.1, 0.15) is 27.6 Å². The molecule has 7 nitrogen and oxygen atoms in total. The van der Waals surface area contributed by atoms with Crippen molar-refractivity contribution in [3.05, 3.63) is 45.3 Å². The molecule has 96 valence electrons. The van der Waals surface area contributed by atoms with Crippen LogP contribution in [-0.4, -0.2) is 33.9 Å². The van der Waals surface area contributed by atoms with Crippen molar-refractivity contribution in [3.8, 4) is 0 Å². The minimum Gasteiger partial charge on any atom is -0.478 e. The highest BCUT2D eigenvalue weighted by atomic mass is 16.4. The maximum atomic E-state index is 10.9. The van der Waals surface area contributed by atoms with E-state index in [0.29, 0.717) is 5.56 Å². The molecule has 18 heavy (non-hydrogen) atoms. The Hall–Kier alpha value is -2.08. The molecule has 0 aromatic heterocycles. The molecule has 0 heterocycles. The second kappa shape index (κ2) is 6.02. The van der Waals surface area contributed by atoms with Gasteiger partial charge >= 0.3 is 5.97 Å². The molecule has 0 aliphatic heterocycles. The van der Waals surface area contributed by atoms with Crippen molar-refractivity contribution in [2.75, 3.05) is 6.54 Å². The van der Waals surface area contributed by atoms with Crippen LogP contribution >= 0.6 is 0 Å². The first kappa shape index (κ1) is 14.0. The van der Waals surface area contributed by atoms with Crippen molar-refractivity contribution in [2.45, 2.75) is 19.1 Å². The van der Waals surface area contributed by atoms with Gasteiger partial charge in [0.05, 0.1) is 18.2 Å². The van der Waals surface area contributed by atoms with Gasteiger partial charge in [-0.1, -0.05) is 17.2 Å². The zero-order chi connectivity index (χ0) is 13.7. The zero-order valence-corrected chi connectivity index (χ0v) is 9.69. The Morgan fingerprint density at radius 2 is 2.17 bits per heavy atom. The number of carboxylic acids is 1. The van der Waals surface area contributed by atoms with E-state index < -0.39 is 18.2 Å². The maximum Gasteiger partial charge on any atom is 0.335 e. The SMILES string of the molecule is Cc1ccc(C(O)C(O)CN=[N+]=[N-])cc1C(=O)O. The predicted molar refractivity (Wildman–Crippen MR) is 63.1 cm³/mol. The van der Waals surface area contributed by atoms with E-state index in [9.17, 15) is 15.0 Å². The first-order valence-electron chi connectivity index (χ1n) is 5.18. The van der Waals surface area contributed by atoms with Crippen LogP contribution in [0.4, 0.5) is 0 Å². The van der Waals surface area contributed by atoms with E-state index in [1.165, 1.54) is 12.1 Å². The number of aryl methyl sites for hydroxylation is 1. The molecule has 0 bridgehead atoms. The van der Waals surface area contributed by atoms with Crippen molar-refractivity contribution in [1.82, 2.24) is 0 Å². The summed E-state index contributed by atoms with van der Waals surface area (Å²) in [5.41, 5.74) is 8.99. The Morgan fingerprint density at radius 1 is 1.50 bits per heavy atom. The molecule has 0 amide bonds. The summed E-state index contributed by atoms with van der Waals surface area (Å²) in [5, 5.41) is 31.4. The summed E-state index contributed by atoms with van der Waals surface area (Å²) in [6.45, 7) is 1.35. The Balaban J connectivity index is 2.99. The molecule has 0 saturated carbocycles. The van der Waals surface area contributed by atoms with Gasteiger partial charge in [-0.2, -0.15) is 0 Å². The van der Waals surface area contributed by atoms with Gasteiger partial charge in [0.15, 0.2) is 0 Å². The van der Waals surface area contributed by atoms with Crippen molar-refractivity contribution in [2.24, 2.45) is 5.11 Å². The minimum atomic E-state index is -1.30. The number of carboxylic acid groups (broad SMARTS) is 1. The Kier molecular flexibility index (Phi) is 4.67. The van der Waals surface area contributed by atoms with Crippen LogP contribution in [0.5, 0.6) is 0 Å². The molecular weight excluding hydrogens is 238 g/mol. The van der Waals surface area contributed by atoms with Crippen LogP contribution in [0.25, 0.3) is 10.4 Å². The lowest BCUT2D eigenvalue weighted by molar-refractivity contribution is 0.0243. The molecule has 1 aromatic carbocycles. The second-order valence-corrected chi connectivity index (χ2v) is 3.81. The molecule has 0 radical (unpaired) electrons. The zero-order valence-electron chi connectivity index (χ0n) is 9.69. The van der Waals surface area contributed by atoms with Gasteiger partial charge in [0.25, 0.3) is 0 Å². The number of nitrogens with zero attached hydrogens (tertiary/aromatic N) is 3. The number of benzene rings is 1. The summed E-state index contributed by atoms with van der Waals surface area (Å²) in [7, 11) is 0. The van der Waals surface area contributed by atoms with Gasteiger partial charge in [-0.3, -0.25) is 0 Å². The minimum absolute atomic E-state index is 0.0579. The molecule has 3 N–H and O–H groups in total. The van der Waals surface area contributed by atoms with Gasteiger partial charge in [0.2, 0.25) is 0 Å². The first-order valence-corrected chi connectivity index (χ1v) is 5.18. The molecule has 2 atom stereocenters. The van der Waals surface area contributed by atoms with Crippen molar-refractivity contribution in [3.63, 3.8) is 0 Å². The third kappa shape index (κ3) is 3.21. The van der Waals surface area contributed by atoms with Gasteiger partial charge in [-0.25, -0.2) is 4.79 Å². The van der Waals surface area contributed by atoms with Crippen LogP contribution in [0.2, 0.25) is 0 Å². The van der Waals surface area contributed by atoms with Crippen LogP contribution in [0, 0.1) is 6.92 Å². The molecule has 0 saturated heterocycles. The number of azide groups is 1. The van der Waals surface area contributed by atoms with Gasteiger partial charge in [-0.05, 0) is 29.6 Å². The average molecular weight is 251 g/mol. The maximum absolute atomic E-state index is 10.9. The largest absolute Gasteiger partial charge is 0.478 e. The molecule has 0 aliphatic rings. The summed E-state index contributed by atoms with van der Waals surface area (Å²) in [6, 6.07) is 4.36. The fourth-order valence-electron chi connectivity index (χ4n) is 1.50. The normalized spacial score (nSPS) is 13.5. The average Bonchev–Trinajstić information content (AvgIpc) is 2.35. The summed E-state index contributed by atoms with van der Waals surface area (Å²) in [4.78, 5) is 13.4. The van der Waals surface area contributed by atoms with E-state index in [4.69, 9.17) is 10.6 Å². The van der Waals surface area contributed by atoms with Crippen molar-refractivity contribution in [1.29, 1.82) is 0 Å². The Morgan fingerprint density at radius 3 is 2.72 bits per heavy atom. The van der Waals surface area contributed by atoms with Crippen molar-refractivity contribution < 1.29 is 20.1 Å². The highest BCUT2D eigenvalue weighted by Gasteiger charge is 2.19.